The van der Waals surface area contributed by atoms with Gasteiger partial charge in [0.05, 0.1) is 19.1 Å². The molecule has 0 N–H and O–H groups in total. The zero-order valence-electron chi connectivity index (χ0n) is 10.4. The van der Waals surface area contributed by atoms with Crippen LogP contribution in [0.15, 0.2) is 24.3 Å². The molecule has 0 aliphatic rings. The highest BCUT2D eigenvalue weighted by Crippen LogP contribution is 2.14. The van der Waals surface area contributed by atoms with Gasteiger partial charge in [0, 0.05) is 6.61 Å². The summed E-state index contributed by atoms with van der Waals surface area (Å²) in [4.78, 5) is 0. The molecule has 2 heteroatoms. The van der Waals surface area contributed by atoms with E-state index in [1.54, 1.807) is 0 Å². The summed E-state index contributed by atoms with van der Waals surface area (Å²) in [5.74, 6) is 0. The number of nitrogens with zero attached hydrogens (tertiary/aromatic N) is 1. The molecule has 0 atom stereocenters. The first-order valence-corrected chi connectivity index (χ1v) is 5.97. The molecule has 0 amide bonds. The lowest BCUT2D eigenvalue weighted by Crippen LogP contribution is -1.96. The van der Waals surface area contributed by atoms with Crippen LogP contribution in [0.3, 0.4) is 0 Å². The number of rotatable bonds is 10. The highest BCUT2D eigenvalue weighted by molar-refractivity contribution is 5.22. The van der Waals surface area contributed by atoms with Crippen molar-refractivity contribution in [2.75, 3.05) is 13.2 Å². The molecule has 0 aromatic carbocycles. The summed E-state index contributed by atoms with van der Waals surface area (Å²) in [5, 5.41) is 8.29. The van der Waals surface area contributed by atoms with Crippen LogP contribution in [0.5, 0.6) is 0 Å². The molecule has 0 rings (SSSR count). The molecular formula is C14H23NO. The zero-order valence-corrected chi connectivity index (χ0v) is 10.4. The number of hydrogen-bond acceptors (Lipinski definition) is 2. The Morgan fingerprint density at radius 3 is 2.44 bits per heavy atom. The lowest BCUT2D eigenvalue weighted by atomic mass is 10.0. The highest BCUT2D eigenvalue weighted by Gasteiger charge is 1.95. The maximum atomic E-state index is 8.29. The van der Waals surface area contributed by atoms with Crippen LogP contribution in [-0.2, 0) is 4.74 Å². The van der Waals surface area contributed by atoms with Crippen molar-refractivity contribution < 1.29 is 4.74 Å². The molecule has 90 valence electrons. The summed E-state index contributed by atoms with van der Waals surface area (Å²) in [5.41, 5.74) is 2.27. The van der Waals surface area contributed by atoms with Gasteiger partial charge in [-0.05, 0) is 26.2 Å². The van der Waals surface area contributed by atoms with Crippen molar-refractivity contribution >= 4 is 0 Å². The lowest BCUT2D eigenvalue weighted by molar-refractivity contribution is 0.135. The van der Waals surface area contributed by atoms with Crippen molar-refractivity contribution in [3.05, 3.63) is 24.3 Å². The van der Waals surface area contributed by atoms with Crippen LogP contribution in [0.25, 0.3) is 0 Å². The largest absolute Gasteiger partial charge is 0.380 e. The Morgan fingerprint density at radius 2 is 1.81 bits per heavy atom. The van der Waals surface area contributed by atoms with Crippen LogP contribution >= 0.6 is 0 Å². The van der Waals surface area contributed by atoms with E-state index in [-0.39, 0.29) is 0 Å². The van der Waals surface area contributed by atoms with Gasteiger partial charge < -0.3 is 4.74 Å². The molecule has 2 nitrogen and oxygen atoms in total. The standard InChI is InChI=1S/C14H23NO/c1-13(2)14(3)9-6-4-5-7-11-16-12-8-10-15/h1,3-9,11-12H2,2H3. The minimum atomic E-state index is 0.498. The third-order valence-corrected chi connectivity index (χ3v) is 2.48. The fourth-order valence-electron chi connectivity index (χ4n) is 1.33. The second-order valence-corrected chi connectivity index (χ2v) is 4.07. The number of nitriles is 1. The van der Waals surface area contributed by atoms with Crippen LogP contribution in [0, 0.1) is 11.3 Å². The maximum Gasteiger partial charge on any atom is 0.0645 e. The van der Waals surface area contributed by atoms with Crippen LogP contribution in [0.1, 0.15) is 45.4 Å². The summed E-state index contributed by atoms with van der Waals surface area (Å²) in [7, 11) is 0. The Morgan fingerprint density at radius 1 is 1.12 bits per heavy atom. The average Bonchev–Trinajstić information content (AvgIpc) is 2.26. The van der Waals surface area contributed by atoms with Crippen LogP contribution in [-0.4, -0.2) is 13.2 Å². The first-order valence-electron chi connectivity index (χ1n) is 5.97. The number of hydrogen-bond donors (Lipinski definition) is 0. The average molecular weight is 221 g/mol. The van der Waals surface area contributed by atoms with Gasteiger partial charge >= 0.3 is 0 Å². The Bertz CT molecular complexity index is 250. The molecule has 0 spiro atoms. The first kappa shape index (κ1) is 14.9. The van der Waals surface area contributed by atoms with Gasteiger partial charge in [0.1, 0.15) is 0 Å². The Labute approximate surface area is 99.6 Å². The van der Waals surface area contributed by atoms with E-state index in [1.807, 2.05) is 6.92 Å². The van der Waals surface area contributed by atoms with Crippen LogP contribution < -0.4 is 0 Å². The number of allylic oxidation sites excluding steroid dienone is 2. The minimum absolute atomic E-state index is 0.498. The molecule has 16 heavy (non-hydrogen) atoms. The van der Waals surface area contributed by atoms with Crippen molar-refractivity contribution in [1.82, 2.24) is 0 Å². The van der Waals surface area contributed by atoms with Gasteiger partial charge in [0.15, 0.2) is 0 Å². The van der Waals surface area contributed by atoms with Gasteiger partial charge in [-0.25, -0.2) is 0 Å². The van der Waals surface area contributed by atoms with Crippen molar-refractivity contribution in [2.24, 2.45) is 0 Å². The fourth-order valence-corrected chi connectivity index (χ4v) is 1.33. The van der Waals surface area contributed by atoms with E-state index in [0.717, 1.165) is 25.0 Å². The first-order chi connectivity index (χ1) is 7.68. The van der Waals surface area contributed by atoms with Crippen molar-refractivity contribution in [1.29, 1.82) is 5.26 Å². The van der Waals surface area contributed by atoms with Crippen molar-refractivity contribution in [2.45, 2.75) is 45.4 Å². The van der Waals surface area contributed by atoms with Crippen molar-refractivity contribution in [3.8, 4) is 6.07 Å². The molecule has 0 aliphatic carbocycles. The van der Waals surface area contributed by atoms with E-state index >= 15 is 0 Å². The summed E-state index contributed by atoms with van der Waals surface area (Å²) < 4.78 is 5.29. The van der Waals surface area contributed by atoms with E-state index < -0.39 is 0 Å². The molecule has 0 aromatic rings. The summed E-state index contributed by atoms with van der Waals surface area (Å²) in [6.07, 6.45) is 6.24. The van der Waals surface area contributed by atoms with Crippen LogP contribution in [0.4, 0.5) is 0 Å². The minimum Gasteiger partial charge on any atom is -0.380 e. The predicted octanol–water partition coefficient (Wildman–Crippen LogP) is 4.00. The molecule has 0 bridgehead atoms. The van der Waals surface area contributed by atoms with Gasteiger partial charge in [-0.2, -0.15) is 5.26 Å². The van der Waals surface area contributed by atoms with Gasteiger partial charge in [0.2, 0.25) is 0 Å². The number of ether oxygens (including phenoxy) is 1. The lowest BCUT2D eigenvalue weighted by Gasteiger charge is -2.05. The predicted molar refractivity (Wildman–Crippen MR) is 68.1 cm³/mol. The van der Waals surface area contributed by atoms with Crippen molar-refractivity contribution in [3.63, 3.8) is 0 Å². The molecule has 0 unspecified atom stereocenters. The molecule has 0 aromatic heterocycles. The second kappa shape index (κ2) is 10.4. The highest BCUT2D eigenvalue weighted by atomic mass is 16.5. The fraction of sp³-hybridized carbons (Fsp3) is 0.643. The number of unbranched alkanes of at least 4 members (excludes halogenated alkanes) is 3. The summed E-state index contributed by atoms with van der Waals surface area (Å²) in [6.45, 7) is 11.2. The second-order valence-electron chi connectivity index (χ2n) is 4.07. The Balaban J connectivity index is 3.13. The monoisotopic (exact) mass is 221 g/mol. The third kappa shape index (κ3) is 9.48. The van der Waals surface area contributed by atoms with Gasteiger partial charge in [-0.15, -0.1) is 0 Å². The SMILES string of the molecule is C=C(C)C(=C)CCCCCCOCCC#N. The molecule has 0 fully saturated rings. The Kier molecular flexibility index (Phi) is 9.75. The van der Waals surface area contributed by atoms with Gasteiger partial charge in [-0.1, -0.05) is 37.1 Å². The van der Waals surface area contributed by atoms with E-state index in [1.165, 1.54) is 24.8 Å². The zero-order chi connectivity index (χ0) is 12.2. The van der Waals surface area contributed by atoms with Crippen LogP contribution in [0.2, 0.25) is 0 Å². The normalized spacial score (nSPS) is 9.75. The molecule has 0 aliphatic heterocycles. The van der Waals surface area contributed by atoms with Gasteiger partial charge in [0.25, 0.3) is 0 Å². The topological polar surface area (TPSA) is 33.0 Å². The molecule has 0 saturated heterocycles. The Hall–Kier alpha value is -1.07. The summed E-state index contributed by atoms with van der Waals surface area (Å²) in [6, 6.07) is 2.06. The van der Waals surface area contributed by atoms with E-state index in [4.69, 9.17) is 10.00 Å². The van der Waals surface area contributed by atoms with E-state index in [0.29, 0.717) is 13.0 Å². The maximum absolute atomic E-state index is 8.29. The van der Waals surface area contributed by atoms with E-state index in [2.05, 4.69) is 19.2 Å². The van der Waals surface area contributed by atoms with E-state index in [9.17, 15) is 0 Å². The molecular weight excluding hydrogens is 198 g/mol. The quantitative estimate of drug-likeness (QED) is 0.412. The molecule has 0 heterocycles. The molecule has 0 saturated carbocycles. The summed E-state index contributed by atoms with van der Waals surface area (Å²) >= 11 is 0. The molecule has 0 radical (unpaired) electrons. The smallest absolute Gasteiger partial charge is 0.0645 e. The van der Waals surface area contributed by atoms with Gasteiger partial charge in [-0.3, -0.25) is 0 Å². The third-order valence-electron chi connectivity index (χ3n) is 2.48.